The Morgan fingerprint density at radius 1 is 1.41 bits per heavy atom. The molecule has 1 fully saturated rings. The quantitative estimate of drug-likeness (QED) is 0.401. The van der Waals surface area contributed by atoms with Crippen molar-refractivity contribution in [3.63, 3.8) is 0 Å². The largest absolute Gasteiger partial charge is 0.355 e. The van der Waals surface area contributed by atoms with Gasteiger partial charge in [-0.05, 0) is 13.8 Å². The van der Waals surface area contributed by atoms with Gasteiger partial charge >= 0.3 is 6.03 Å². The fourth-order valence-corrected chi connectivity index (χ4v) is 2.97. The van der Waals surface area contributed by atoms with E-state index in [9.17, 15) is 9.59 Å². The molecule has 2 heterocycles. The number of carbonyl (C=O) groups excluding carboxylic acids is 2. The molecule has 0 bridgehead atoms. The van der Waals surface area contributed by atoms with Crippen LogP contribution in [0.4, 0.5) is 4.79 Å². The predicted molar refractivity (Wildman–Crippen MR) is 84.9 cm³/mol. The Morgan fingerprint density at radius 2 is 2.18 bits per heavy atom. The lowest BCUT2D eigenvalue weighted by Gasteiger charge is -2.15. The fourth-order valence-electron chi connectivity index (χ4n) is 2.09. The molecule has 1 aromatic heterocycles. The molecule has 1 aliphatic heterocycles. The van der Waals surface area contributed by atoms with Gasteiger partial charge in [-0.1, -0.05) is 0 Å². The third kappa shape index (κ3) is 3.94. The summed E-state index contributed by atoms with van der Waals surface area (Å²) in [6.45, 7) is 5.43. The number of thiazole rings is 1. The summed E-state index contributed by atoms with van der Waals surface area (Å²) in [5.74, 6) is 0.419. The Bertz CT molecular complexity index is 581. The van der Waals surface area contributed by atoms with Crippen molar-refractivity contribution in [1.29, 1.82) is 0 Å². The van der Waals surface area contributed by atoms with Crippen LogP contribution in [-0.4, -0.2) is 54.5 Å². The molecule has 120 valence electrons. The molecule has 22 heavy (non-hydrogen) atoms. The topological polar surface area (TPSA) is 98.7 Å². The van der Waals surface area contributed by atoms with Gasteiger partial charge in [0.25, 0.3) is 0 Å². The number of amides is 3. The van der Waals surface area contributed by atoms with Crippen molar-refractivity contribution >= 4 is 29.2 Å². The van der Waals surface area contributed by atoms with Gasteiger partial charge < -0.3 is 16.0 Å². The van der Waals surface area contributed by atoms with Gasteiger partial charge in [0.05, 0.1) is 23.8 Å². The first-order chi connectivity index (χ1) is 10.5. The van der Waals surface area contributed by atoms with E-state index in [1.807, 2.05) is 13.8 Å². The Kier molecular flexibility index (Phi) is 5.31. The van der Waals surface area contributed by atoms with Crippen molar-refractivity contribution in [1.82, 2.24) is 25.8 Å². The van der Waals surface area contributed by atoms with Gasteiger partial charge in [0.15, 0.2) is 5.96 Å². The van der Waals surface area contributed by atoms with Crippen LogP contribution in [0, 0.1) is 13.8 Å². The zero-order valence-electron chi connectivity index (χ0n) is 12.9. The average molecular weight is 324 g/mol. The van der Waals surface area contributed by atoms with E-state index < -0.39 is 0 Å². The lowest BCUT2D eigenvalue weighted by Crippen LogP contribution is -2.43. The smallest absolute Gasteiger partial charge is 0.324 e. The van der Waals surface area contributed by atoms with Gasteiger partial charge in [0.2, 0.25) is 5.91 Å². The van der Waals surface area contributed by atoms with Gasteiger partial charge in [0, 0.05) is 25.0 Å². The van der Waals surface area contributed by atoms with Gasteiger partial charge in [0.1, 0.15) is 0 Å². The van der Waals surface area contributed by atoms with Crippen LogP contribution in [0.25, 0.3) is 0 Å². The highest BCUT2D eigenvalue weighted by Crippen LogP contribution is 2.16. The Morgan fingerprint density at radius 3 is 2.73 bits per heavy atom. The number of rotatable bonds is 5. The van der Waals surface area contributed by atoms with E-state index in [2.05, 4.69) is 25.9 Å². The number of urea groups is 1. The second-order valence-electron chi connectivity index (χ2n) is 4.80. The highest BCUT2D eigenvalue weighted by atomic mass is 32.1. The first-order valence-electron chi connectivity index (χ1n) is 6.97. The van der Waals surface area contributed by atoms with Gasteiger partial charge in [-0.3, -0.25) is 14.7 Å². The predicted octanol–water partition coefficient (Wildman–Crippen LogP) is -0.0233. The highest BCUT2D eigenvalue weighted by molar-refractivity contribution is 7.11. The monoisotopic (exact) mass is 324 g/mol. The maximum Gasteiger partial charge on any atom is 0.324 e. The lowest BCUT2D eigenvalue weighted by molar-refractivity contribution is -0.124. The maximum absolute atomic E-state index is 11.4. The number of hydrogen-bond acceptors (Lipinski definition) is 5. The summed E-state index contributed by atoms with van der Waals surface area (Å²) in [7, 11) is 1.67. The van der Waals surface area contributed by atoms with E-state index in [1.54, 1.807) is 18.4 Å². The molecule has 0 unspecified atom stereocenters. The lowest BCUT2D eigenvalue weighted by atomic mass is 10.4. The van der Waals surface area contributed by atoms with Crippen molar-refractivity contribution in [2.75, 3.05) is 26.7 Å². The van der Waals surface area contributed by atoms with Crippen LogP contribution in [0.15, 0.2) is 4.99 Å². The third-order valence-corrected chi connectivity index (χ3v) is 4.28. The molecule has 9 heteroatoms. The van der Waals surface area contributed by atoms with Crippen LogP contribution in [0.3, 0.4) is 0 Å². The molecule has 0 aliphatic carbocycles. The number of carbonyl (C=O) groups is 2. The molecule has 0 spiro atoms. The Balaban J connectivity index is 1.77. The van der Waals surface area contributed by atoms with Gasteiger partial charge in [-0.2, -0.15) is 0 Å². The van der Waals surface area contributed by atoms with Gasteiger partial charge in [-0.15, -0.1) is 11.3 Å². The van der Waals surface area contributed by atoms with E-state index in [4.69, 9.17) is 0 Å². The van der Waals surface area contributed by atoms with Crippen LogP contribution in [0.1, 0.15) is 15.6 Å². The zero-order valence-corrected chi connectivity index (χ0v) is 13.7. The van der Waals surface area contributed by atoms with Crippen molar-refractivity contribution in [3.05, 3.63) is 15.6 Å². The molecule has 1 saturated heterocycles. The van der Waals surface area contributed by atoms with E-state index in [-0.39, 0.29) is 18.5 Å². The maximum atomic E-state index is 11.4. The molecule has 2 rings (SSSR count). The Labute approximate surface area is 133 Å². The second-order valence-corrected chi connectivity index (χ2v) is 6.09. The number of aryl methyl sites for hydroxylation is 2. The molecule has 3 amide bonds. The summed E-state index contributed by atoms with van der Waals surface area (Å²) < 4.78 is 0. The van der Waals surface area contributed by atoms with Crippen LogP contribution in [0.2, 0.25) is 0 Å². The molecule has 0 radical (unpaired) electrons. The molecule has 0 aromatic carbocycles. The molecule has 1 aromatic rings. The van der Waals surface area contributed by atoms with E-state index in [1.165, 1.54) is 4.90 Å². The SMILES string of the molecule is CN=C(NCCN1C(=O)CNC1=O)NCc1sc(C)nc1C. The van der Waals surface area contributed by atoms with Crippen LogP contribution >= 0.6 is 11.3 Å². The van der Waals surface area contributed by atoms with Crippen LogP contribution in [0.5, 0.6) is 0 Å². The Hall–Kier alpha value is -2.16. The van der Waals surface area contributed by atoms with Gasteiger partial charge in [-0.25, -0.2) is 9.78 Å². The minimum atomic E-state index is -0.342. The zero-order chi connectivity index (χ0) is 16.1. The molecule has 8 nitrogen and oxygen atoms in total. The molecule has 0 saturated carbocycles. The third-order valence-electron chi connectivity index (χ3n) is 3.20. The van der Waals surface area contributed by atoms with Crippen molar-refractivity contribution in [3.8, 4) is 0 Å². The average Bonchev–Trinajstić information content (AvgIpc) is 2.97. The van der Waals surface area contributed by atoms with Crippen LogP contribution in [-0.2, 0) is 11.3 Å². The normalized spacial score (nSPS) is 15.2. The number of hydrogen-bond donors (Lipinski definition) is 3. The van der Waals surface area contributed by atoms with E-state index in [0.717, 1.165) is 15.6 Å². The number of guanidine groups is 1. The van der Waals surface area contributed by atoms with E-state index in [0.29, 0.717) is 25.6 Å². The molecule has 1 aliphatic rings. The summed E-state index contributed by atoms with van der Waals surface area (Å²) in [5.41, 5.74) is 1.02. The minimum Gasteiger partial charge on any atom is -0.355 e. The summed E-state index contributed by atoms with van der Waals surface area (Å²) >= 11 is 1.65. The molecule has 0 atom stereocenters. The number of aromatic nitrogens is 1. The number of nitrogens with one attached hydrogen (secondary N) is 3. The number of aliphatic imine (C=N–C) groups is 1. The summed E-state index contributed by atoms with van der Waals surface area (Å²) in [5, 5.41) is 9.80. The number of nitrogens with zero attached hydrogens (tertiary/aromatic N) is 3. The second kappa shape index (κ2) is 7.21. The molecular weight excluding hydrogens is 304 g/mol. The standard InChI is InChI=1S/C13H20N6O2S/c1-8-10(22-9(2)18-8)6-16-12(14-3)15-4-5-19-11(20)7-17-13(19)21/h4-7H2,1-3H3,(H,17,21)(H2,14,15,16). The first kappa shape index (κ1) is 16.2. The van der Waals surface area contributed by atoms with E-state index >= 15 is 0 Å². The van der Waals surface area contributed by atoms with Crippen molar-refractivity contribution in [2.45, 2.75) is 20.4 Å². The molecule has 3 N–H and O–H groups in total. The van der Waals surface area contributed by atoms with Crippen molar-refractivity contribution < 1.29 is 9.59 Å². The fraction of sp³-hybridized carbons (Fsp3) is 0.538. The summed E-state index contributed by atoms with van der Waals surface area (Å²) in [6, 6.07) is -0.342. The summed E-state index contributed by atoms with van der Waals surface area (Å²) in [6.07, 6.45) is 0. The number of imide groups is 1. The van der Waals surface area contributed by atoms with Crippen molar-refractivity contribution in [2.24, 2.45) is 4.99 Å². The minimum absolute atomic E-state index is 0.0792. The van der Waals surface area contributed by atoms with Crippen LogP contribution < -0.4 is 16.0 Å². The highest BCUT2D eigenvalue weighted by Gasteiger charge is 2.27. The summed E-state index contributed by atoms with van der Waals surface area (Å²) in [4.78, 5) is 33.7. The first-order valence-corrected chi connectivity index (χ1v) is 7.78. The molecular formula is C13H20N6O2S.